The summed E-state index contributed by atoms with van der Waals surface area (Å²) in [5.41, 5.74) is 1.28. The first-order valence-electron chi connectivity index (χ1n) is 4.87. The molecule has 0 spiro atoms. The first-order valence-corrected chi connectivity index (χ1v) is 6.11. The average molecular weight is 279 g/mol. The number of hydrogen-bond acceptors (Lipinski definition) is 2. The molecule has 0 heterocycles. The molecule has 82 valence electrons. The van der Waals surface area contributed by atoms with Gasteiger partial charge in [0.1, 0.15) is 0 Å². The maximum atomic E-state index is 5.28. The van der Waals surface area contributed by atoms with Crippen LogP contribution in [0.4, 0.5) is 0 Å². The summed E-state index contributed by atoms with van der Waals surface area (Å²) < 4.78 is 6.34. The van der Waals surface area contributed by atoms with Gasteiger partial charge in [0.05, 0.1) is 6.10 Å². The van der Waals surface area contributed by atoms with E-state index in [1.807, 2.05) is 0 Å². The lowest BCUT2D eigenvalue weighted by atomic mass is 10.1. The van der Waals surface area contributed by atoms with Crippen LogP contribution in [-0.2, 0) is 4.74 Å². The molecule has 1 atom stereocenters. The van der Waals surface area contributed by atoms with Crippen molar-refractivity contribution in [3.63, 3.8) is 0 Å². The highest BCUT2D eigenvalue weighted by Gasteiger charge is 2.06. The summed E-state index contributed by atoms with van der Waals surface area (Å²) in [6.45, 7) is 6.27. The highest BCUT2D eigenvalue weighted by Crippen LogP contribution is 2.23. The molecule has 0 N–H and O–H groups in total. The molecule has 14 heavy (non-hydrogen) atoms. The van der Waals surface area contributed by atoms with E-state index in [9.17, 15) is 0 Å². The van der Waals surface area contributed by atoms with Gasteiger partial charge in [-0.05, 0) is 52.2 Å². The van der Waals surface area contributed by atoms with E-state index in [4.69, 9.17) is 4.74 Å². The summed E-state index contributed by atoms with van der Waals surface area (Å²) in [5, 5.41) is 0. The zero-order chi connectivity index (χ0) is 11.1. The number of halogens is 1. The Morgan fingerprint density at radius 3 is 2.36 bits per heavy atom. The molecule has 1 unspecified atom stereocenters. The van der Waals surface area contributed by atoms with E-state index in [2.05, 4.69) is 55.4 Å². The van der Waals surface area contributed by atoms with Gasteiger partial charge in [0.15, 0.2) is 0 Å². The average Bonchev–Trinajstić information content (AvgIpc) is 2.22. The molecule has 0 aliphatic rings. The Labute approximate surface area is 101 Å². The molecule has 1 nitrogen and oxygen atoms in total. The topological polar surface area (TPSA) is 9.23 Å². The zero-order valence-corrected chi connectivity index (χ0v) is 11.8. The molecule has 3 heteroatoms. The molecule has 0 bridgehead atoms. The summed E-state index contributed by atoms with van der Waals surface area (Å²) in [5.74, 6) is 0. The Kier molecular flexibility index (Phi) is 7.69. The molecule has 0 saturated carbocycles. The Hall–Kier alpha value is 0.270. The Bertz CT molecular complexity index is 233. The molecule has 0 fully saturated rings. The SMILES string of the molecule is CC/C(S)=C(Br)\C=C(/CC)C(C)OC. The molecule has 0 aliphatic carbocycles. The molecular weight excluding hydrogens is 260 g/mol. The third-order valence-electron chi connectivity index (χ3n) is 2.21. The fraction of sp³-hybridized carbons (Fsp3) is 0.636. The van der Waals surface area contributed by atoms with E-state index in [1.54, 1.807) is 7.11 Å². The van der Waals surface area contributed by atoms with Crippen LogP contribution in [0, 0.1) is 0 Å². The van der Waals surface area contributed by atoms with Crippen LogP contribution in [-0.4, -0.2) is 13.2 Å². The number of allylic oxidation sites excluding steroid dienone is 3. The molecular formula is C11H19BrOS. The van der Waals surface area contributed by atoms with Crippen LogP contribution in [0.1, 0.15) is 33.6 Å². The molecule has 0 aliphatic heterocycles. The highest BCUT2D eigenvalue weighted by molar-refractivity contribution is 9.12. The van der Waals surface area contributed by atoms with Gasteiger partial charge in [-0.3, -0.25) is 0 Å². The lowest BCUT2D eigenvalue weighted by molar-refractivity contribution is 0.144. The summed E-state index contributed by atoms with van der Waals surface area (Å²) in [6, 6.07) is 0. The monoisotopic (exact) mass is 278 g/mol. The lowest BCUT2D eigenvalue weighted by Crippen LogP contribution is -2.08. The van der Waals surface area contributed by atoms with Gasteiger partial charge in [0, 0.05) is 11.6 Å². The van der Waals surface area contributed by atoms with Crippen LogP contribution in [0.25, 0.3) is 0 Å². The second kappa shape index (κ2) is 7.55. The van der Waals surface area contributed by atoms with Crippen LogP contribution in [0.15, 0.2) is 21.0 Å². The van der Waals surface area contributed by atoms with Crippen molar-refractivity contribution in [3.8, 4) is 0 Å². The molecule has 0 aromatic heterocycles. The fourth-order valence-electron chi connectivity index (χ4n) is 1.07. The minimum absolute atomic E-state index is 0.172. The molecule has 0 rings (SSSR count). The van der Waals surface area contributed by atoms with Crippen LogP contribution >= 0.6 is 28.6 Å². The van der Waals surface area contributed by atoms with Gasteiger partial charge in [-0.25, -0.2) is 0 Å². The molecule has 0 radical (unpaired) electrons. The van der Waals surface area contributed by atoms with Crippen molar-refractivity contribution in [2.45, 2.75) is 39.7 Å². The summed E-state index contributed by atoms with van der Waals surface area (Å²) in [7, 11) is 1.73. The van der Waals surface area contributed by atoms with Gasteiger partial charge in [-0.2, -0.15) is 0 Å². The predicted octanol–water partition coefficient (Wildman–Crippen LogP) is 4.30. The van der Waals surface area contributed by atoms with Gasteiger partial charge in [-0.15, -0.1) is 12.6 Å². The highest BCUT2D eigenvalue weighted by atomic mass is 79.9. The van der Waals surface area contributed by atoms with E-state index in [-0.39, 0.29) is 6.10 Å². The van der Waals surface area contributed by atoms with E-state index >= 15 is 0 Å². The van der Waals surface area contributed by atoms with Gasteiger partial charge in [0.2, 0.25) is 0 Å². The second-order valence-corrected chi connectivity index (χ2v) is 4.49. The first-order chi connectivity index (χ1) is 6.56. The minimum atomic E-state index is 0.172. The smallest absolute Gasteiger partial charge is 0.0756 e. The normalized spacial score (nSPS) is 16.6. The maximum absolute atomic E-state index is 5.28. The fourth-order valence-corrected chi connectivity index (χ4v) is 1.71. The van der Waals surface area contributed by atoms with Crippen molar-refractivity contribution in [3.05, 3.63) is 21.0 Å². The third-order valence-corrected chi connectivity index (χ3v) is 3.78. The Morgan fingerprint density at radius 2 is 2.00 bits per heavy atom. The second-order valence-electron chi connectivity index (χ2n) is 3.10. The number of hydrogen-bond donors (Lipinski definition) is 1. The van der Waals surface area contributed by atoms with E-state index in [0.717, 1.165) is 22.2 Å². The van der Waals surface area contributed by atoms with Crippen molar-refractivity contribution >= 4 is 28.6 Å². The number of methoxy groups -OCH3 is 1. The van der Waals surface area contributed by atoms with Gasteiger partial charge < -0.3 is 4.74 Å². The van der Waals surface area contributed by atoms with Crippen LogP contribution < -0.4 is 0 Å². The maximum Gasteiger partial charge on any atom is 0.0756 e. The van der Waals surface area contributed by atoms with E-state index < -0.39 is 0 Å². The van der Waals surface area contributed by atoms with Crippen molar-refractivity contribution in [2.75, 3.05) is 7.11 Å². The Balaban J connectivity index is 4.76. The number of ether oxygens (including phenoxy) is 1. The van der Waals surface area contributed by atoms with Crippen LogP contribution in [0.2, 0.25) is 0 Å². The summed E-state index contributed by atoms with van der Waals surface area (Å²) >= 11 is 7.90. The zero-order valence-electron chi connectivity index (χ0n) is 9.30. The third kappa shape index (κ3) is 4.67. The van der Waals surface area contributed by atoms with Gasteiger partial charge in [-0.1, -0.05) is 13.8 Å². The van der Waals surface area contributed by atoms with Gasteiger partial charge in [0.25, 0.3) is 0 Å². The van der Waals surface area contributed by atoms with E-state index in [1.165, 1.54) is 5.57 Å². The van der Waals surface area contributed by atoms with E-state index in [0.29, 0.717) is 0 Å². The van der Waals surface area contributed by atoms with Crippen molar-refractivity contribution in [1.82, 2.24) is 0 Å². The van der Waals surface area contributed by atoms with Crippen LogP contribution in [0.3, 0.4) is 0 Å². The van der Waals surface area contributed by atoms with Crippen molar-refractivity contribution in [2.24, 2.45) is 0 Å². The largest absolute Gasteiger partial charge is 0.377 e. The number of rotatable bonds is 5. The lowest BCUT2D eigenvalue weighted by Gasteiger charge is -2.13. The molecule has 0 amide bonds. The molecule has 0 aromatic carbocycles. The van der Waals surface area contributed by atoms with Crippen molar-refractivity contribution in [1.29, 1.82) is 0 Å². The predicted molar refractivity (Wildman–Crippen MR) is 70.1 cm³/mol. The van der Waals surface area contributed by atoms with Crippen LogP contribution in [0.5, 0.6) is 0 Å². The standard InChI is InChI=1S/C11H19BrOS/c1-5-9(8(3)13-4)7-10(12)11(14)6-2/h7-8,14H,5-6H2,1-4H3/b9-7+,11-10-. The molecule has 0 saturated heterocycles. The van der Waals surface area contributed by atoms with Gasteiger partial charge >= 0.3 is 0 Å². The summed E-state index contributed by atoms with van der Waals surface area (Å²) in [4.78, 5) is 1.07. The van der Waals surface area contributed by atoms with Crippen molar-refractivity contribution < 1.29 is 4.74 Å². The molecule has 0 aromatic rings. The minimum Gasteiger partial charge on any atom is -0.377 e. The quantitative estimate of drug-likeness (QED) is 0.583. The Morgan fingerprint density at radius 1 is 1.43 bits per heavy atom. The summed E-state index contributed by atoms with van der Waals surface area (Å²) in [6.07, 6.45) is 4.22. The number of thiol groups is 1. The first kappa shape index (κ1) is 14.3.